The van der Waals surface area contributed by atoms with Crippen LogP contribution >= 0.6 is 0 Å². The number of nitrogens with one attached hydrogen (secondary N) is 1. The molecule has 0 atom stereocenters. The van der Waals surface area contributed by atoms with Gasteiger partial charge in [-0.3, -0.25) is 0 Å². The zero-order valence-electron chi connectivity index (χ0n) is 8.33. The van der Waals surface area contributed by atoms with Crippen molar-refractivity contribution in [2.45, 2.75) is 37.8 Å². The van der Waals surface area contributed by atoms with Gasteiger partial charge in [0.15, 0.2) is 0 Å². The summed E-state index contributed by atoms with van der Waals surface area (Å²) in [6, 6.07) is 3.84. The molecule has 1 fully saturated rings. The highest BCUT2D eigenvalue weighted by molar-refractivity contribution is 5.00. The fourth-order valence-corrected chi connectivity index (χ4v) is 2.13. The molecular weight excluding hydrogens is 178 g/mol. The maximum Gasteiger partial charge on any atom is 0.117 e. The van der Waals surface area contributed by atoms with Crippen molar-refractivity contribution in [3.8, 4) is 0 Å². The Kier molecular flexibility index (Phi) is 2.89. The third kappa shape index (κ3) is 1.99. The predicted molar refractivity (Wildman–Crippen MR) is 53.8 cm³/mol. The summed E-state index contributed by atoms with van der Waals surface area (Å²) in [5.41, 5.74) is -0.0488. The van der Waals surface area contributed by atoms with Gasteiger partial charge in [-0.25, -0.2) is 0 Å². The first-order chi connectivity index (χ1) is 6.85. The summed E-state index contributed by atoms with van der Waals surface area (Å²) in [5, 5.41) is 12.8. The van der Waals surface area contributed by atoms with Crippen LogP contribution in [0.5, 0.6) is 0 Å². The van der Waals surface area contributed by atoms with E-state index in [0.717, 1.165) is 18.6 Å². The van der Waals surface area contributed by atoms with Crippen molar-refractivity contribution in [3.05, 3.63) is 24.2 Å². The van der Waals surface area contributed by atoms with Gasteiger partial charge in [0.1, 0.15) is 5.76 Å². The summed E-state index contributed by atoms with van der Waals surface area (Å²) in [5.74, 6) is 0.935. The zero-order chi connectivity index (χ0) is 9.86. The quantitative estimate of drug-likeness (QED) is 0.768. The van der Waals surface area contributed by atoms with E-state index in [1.165, 1.54) is 12.8 Å². The Balaban J connectivity index is 1.89. The number of hydrogen-bond acceptors (Lipinski definition) is 3. The number of aliphatic hydroxyl groups excluding tert-OH is 1. The van der Waals surface area contributed by atoms with Gasteiger partial charge in [0.05, 0.1) is 19.4 Å². The highest BCUT2D eigenvalue weighted by atomic mass is 16.3. The molecule has 14 heavy (non-hydrogen) atoms. The molecule has 1 aliphatic rings. The molecule has 78 valence electrons. The normalized spacial score (nSPS) is 20.1. The second-order valence-corrected chi connectivity index (χ2v) is 4.08. The van der Waals surface area contributed by atoms with Gasteiger partial charge in [-0.2, -0.15) is 0 Å². The standard InChI is InChI=1S/C11H17NO2/c13-9-11(5-1-2-6-11)12-8-10-4-3-7-14-10/h3-4,7,12-13H,1-2,5-6,8-9H2. The molecule has 0 spiro atoms. The Hall–Kier alpha value is -0.800. The van der Waals surface area contributed by atoms with Crippen LogP contribution in [-0.2, 0) is 6.54 Å². The van der Waals surface area contributed by atoms with Crippen LogP contribution in [0.15, 0.2) is 22.8 Å². The highest BCUT2D eigenvalue weighted by Gasteiger charge is 2.32. The topological polar surface area (TPSA) is 45.4 Å². The molecule has 1 aliphatic carbocycles. The molecule has 0 aromatic carbocycles. The van der Waals surface area contributed by atoms with Gasteiger partial charge in [-0.15, -0.1) is 0 Å². The van der Waals surface area contributed by atoms with E-state index in [4.69, 9.17) is 4.42 Å². The van der Waals surface area contributed by atoms with E-state index in [1.807, 2.05) is 12.1 Å². The average molecular weight is 195 g/mol. The lowest BCUT2D eigenvalue weighted by molar-refractivity contribution is 0.160. The molecule has 2 rings (SSSR count). The van der Waals surface area contributed by atoms with E-state index in [-0.39, 0.29) is 12.1 Å². The SMILES string of the molecule is OCC1(NCc2ccco2)CCCC1. The Labute approximate surface area is 84.1 Å². The Morgan fingerprint density at radius 3 is 2.79 bits per heavy atom. The summed E-state index contributed by atoms with van der Waals surface area (Å²) in [6.45, 7) is 0.946. The fourth-order valence-electron chi connectivity index (χ4n) is 2.13. The monoisotopic (exact) mass is 195 g/mol. The molecule has 1 saturated carbocycles. The van der Waals surface area contributed by atoms with Crippen molar-refractivity contribution in [2.24, 2.45) is 0 Å². The molecule has 1 aromatic heterocycles. The minimum absolute atomic E-state index is 0.0488. The van der Waals surface area contributed by atoms with Gasteiger partial charge < -0.3 is 14.8 Å². The minimum atomic E-state index is -0.0488. The van der Waals surface area contributed by atoms with E-state index in [9.17, 15) is 5.11 Å². The van der Waals surface area contributed by atoms with Gasteiger partial charge in [-0.1, -0.05) is 12.8 Å². The first-order valence-electron chi connectivity index (χ1n) is 5.23. The van der Waals surface area contributed by atoms with Crippen LogP contribution < -0.4 is 5.32 Å². The zero-order valence-corrected chi connectivity index (χ0v) is 8.33. The molecule has 0 unspecified atom stereocenters. The fraction of sp³-hybridized carbons (Fsp3) is 0.636. The summed E-state index contributed by atoms with van der Waals surface area (Å²) in [4.78, 5) is 0. The lowest BCUT2D eigenvalue weighted by Gasteiger charge is -2.27. The van der Waals surface area contributed by atoms with E-state index in [2.05, 4.69) is 5.32 Å². The Bertz CT molecular complexity index is 263. The highest BCUT2D eigenvalue weighted by Crippen LogP contribution is 2.29. The van der Waals surface area contributed by atoms with Crippen molar-refractivity contribution in [3.63, 3.8) is 0 Å². The van der Waals surface area contributed by atoms with Crippen molar-refractivity contribution < 1.29 is 9.52 Å². The summed E-state index contributed by atoms with van der Waals surface area (Å²) in [6.07, 6.45) is 6.25. The molecule has 1 aromatic rings. The maximum absolute atomic E-state index is 9.35. The maximum atomic E-state index is 9.35. The van der Waals surface area contributed by atoms with Crippen LogP contribution in [0.25, 0.3) is 0 Å². The van der Waals surface area contributed by atoms with Crippen LogP contribution in [0.2, 0.25) is 0 Å². The smallest absolute Gasteiger partial charge is 0.117 e. The third-order valence-corrected chi connectivity index (χ3v) is 3.08. The van der Waals surface area contributed by atoms with Crippen molar-refractivity contribution in [1.82, 2.24) is 5.32 Å². The van der Waals surface area contributed by atoms with Gasteiger partial charge >= 0.3 is 0 Å². The molecule has 0 aliphatic heterocycles. The molecule has 3 heteroatoms. The van der Waals surface area contributed by atoms with E-state index >= 15 is 0 Å². The number of hydrogen-bond donors (Lipinski definition) is 2. The van der Waals surface area contributed by atoms with Crippen molar-refractivity contribution in [1.29, 1.82) is 0 Å². The Morgan fingerprint density at radius 2 is 2.21 bits per heavy atom. The van der Waals surface area contributed by atoms with Gasteiger partial charge in [-0.05, 0) is 25.0 Å². The molecule has 1 heterocycles. The van der Waals surface area contributed by atoms with Crippen LogP contribution in [-0.4, -0.2) is 17.3 Å². The molecule has 0 amide bonds. The first-order valence-corrected chi connectivity index (χ1v) is 5.23. The van der Waals surface area contributed by atoms with Crippen LogP contribution in [0.4, 0.5) is 0 Å². The minimum Gasteiger partial charge on any atom is -0.468 e. The van der Waals surface area contributed by atoms with Crippen LogP contribution in [0.1, 0.15) is 31.4 Å². The summed E-state index contributed by atoms with van der Waals surface area (Å²) < 4.78 is 5.24. The molecular formula is C11H17NO2. The average Bonchev–Trinajstić information content (AvgIpc) is 2.87. The number of furan rings is 1. The largest absolute Gasteiger partial charge is 0.468 e. The van der Waals surface area contributed by atoms with Gasteiger partial charge in [0, 0.05) is 5.54 Å². The van der Waals surface area contributed by atoms with Crippen molar-refractivity contribution >= 4 is 0 Å². The van der Waals surface area contributed by atoms with E-state index in [0.29, 0.717) is 6.54 Å². The second kappa shape index (κ2) is 4.15. The van der Waals surface area contributed by atoms with E-state index < -0.39 is 0 Å². The molecule has 0 radical (unpaired) electrons. The molecule has 2 N–H and O–H groups in total. The summed E-state index contributed by atoms with van der Waals surface area (Å²) in [7, 11) is 0. The second-order valence-electron chi connectivity index (χ2n) is 4.08. The van der Waals surface area contributed by atoms with Gasteiger partial charge in [0.2, 0.25) is 0 Å². The van der Waals surface area contributed by atoms with Gasteiger partial charge in [0.25, 0.3) is 0 Å². The van der Waals surface area contributed by atoms with E-state index in [1.54, 1.807) is 6.26 Å². The van der Waals surface area contributed by atoms with Crippen molar-refractivity contribution in [2.75, 3.05) is 6.61 Å². The predicted octanol–water partition coefficient (Wildman–Crippen LogP) is 1.67. The lowest BCUT2D eigenvalue weighted by atomic mass is 9.99. The third-order valence-electron chi connectivity index (χ3n) is 3.08. The van der Waals surface area contributed by atoms with Crippen LogP contribution in [0.3, 0.4) is 0 Å². The number of aliphatic hydroxyl groups is 1. The first kappa shape index (κ1) is 9.74. The number of rotatable bonds is 4. The molecule has 0 saturated heterocycles. The summed E-state index contributed by atoms with van der Waals surface area (Å²) >= 11 is 0. The van der Waals surface area contributed by atoms with Crippen LogP contribution in [0, 0.1) is 0 Å². The molecule has 0 bridgehead atoms. The molecule has 3 nitrogen and oxygen atoms in total. The lowest BCUT2D eigenvalue weighted by Crippen LogP contribution is -2.45. The Morgan fingerprint density at radius 1 is 1.43 bits per heavy atom.